The van der Waals surface area contributed by atoms with Crippen LogP contribution in [0.2, 0.25) is 0 Å². The molecule has 0 aromatic heterocycles. The number of hydrogen-bond acceptors (Lipinski definition) is 3. The average Bonchev–Trinajstić information content (AvgIpc) is 3.06. The fourth-order valence-corrected chi connectivity index (χ4v) is 3.08. The average molecular weight is 357 g/mol. The smallest absolute Gasteiger partial charge is 0.364 e. The van der Waals surface area contributed by atoms with E-state index in [1.165, 1.54) is 6.07 Å². The molecule has 0 N–H and O–H groups in total. The highest BCUT2D eigenvalue weighted by Crippen LogP contribution is 2.33. The summed E-state index contributed by atoms with van der Waals surface area (Å²) in [5, 5.41) is 0. The van der Waals surface area contributed by atoms with E-state index < -0.39 is 11.8 Å². The molecule has 3 aromatic carbocycles. The van der Waals surface area contributed by atoms with Gasteiger partial charge in [-0.3, -0.25) is 0 Å². The zero-order valence-electron chi connectivity index (χ0n) is 14.6. The van der Waals surface area contributed by atoms with Gasteiger partial charge in [0.1, 0.15) is 5.82 Å². The van der Waals surface area contributed by atoms with Crippen molar-refractivity contribution in [2.45, 2.75) is 6.92 Å². The molecule has 0 aliphatic carbocycles. The Balaban J connectivity index is 1.96. The molecule has 0 saturated carbocycles. The van der Waals surface area contributed by atoms with Gasteiger partial charge in [-0.15, -0.1) is 0 Å². The van der Waals surface area contributed by atoms with Crippen molar-refractivity contribution in [3.8, 4) is 0 Å². The maximum atomic E-state index is 14.6. The Kier molecular flexibility index (Phi) is 4.38. The van der Waals surface area contributed by atoms with Crippen molar-refractivity contribution in [1.82, 2.24) is 0 Å². The number of esters is 1. The Morgan fingerprint density at radius 2 is 1.56 bits per heavy atom. The van der Waals surface area contributed by atoms with Crippen LogP contribution in [0.4, 0.5) is 4.39 Å². The second kappa shape index (κ2) is 7.00. The second-order valence-corrected chi connectivity index (χ2v) is 6.19. The Morgan fingerprint density at radius 1 is 0.889 bits per heavy atom. The molecule has 1 aliphatic rings. The van der Waals surface area contributed by atoms with Gasteiger partial charge >= 0.3 is 5.97 Å². The Morgan fingerprint density at radius 3 is 2.30 bits per heavy atom. The number of halogens is 1. The lowest BCUT2D eigenvalue weighted by Gasteiger charge is -2.10. The summed E-state index contributed by atoms with van der Waals surface area (Å²) >= 11 is 0. The van der Waals surface area contributed by atoms with Crippen molar-refractivity contribution in [3.05, 3.63) is 113 Å². The number of ether oxygens (including phenoxy) is 1. The number of aryl methyl sites for hydroxylation is 1. The molecule has 3 nitrogen and oxygen atoms in total. The van der Waals surface area contributed by atoms with E-state index in [2.05, 4.69) is 4.99 Å². The van der Waals surface area contributed by atoms with Crippen molar-refractivity contribution in [1.29, 1.82) is 0 Å². The third-order valence-corrected chi connectivity index (χ3v) is 4.41. The van der Waals surface area contributed by atoms with Gasteiger partial charge in [-0.05, 0) is 30.2 Å². The Labute approximate surface area is 156 Å². The van der Waals surface area contributed by atoms with Crippen LogP contribution in [-0.4, -0.2) is 11.9 Å². The third kappa shape index (κ3) is 3.17. The number of carbonyl (C=O) groups is 1. The minimum absolute atomic E-state index is 0.101. The van der Waals surface area contributed by atoms with Crippen molar-refractivity contribution < 1.29 is 13.9 Å². The highest BCUT2D eigenvalue weighted by atomic mass is 19.1. The van der Waals surface area contributed by atoms with Gasteiger partial charge < -0.3 is 4.74 Å². The van der Waals surface area contributed by atoms with Gasteiger partial charge in [0.2, 0.25) is 5.90 Å². The zero-order valence-corrected chi connectivity index (χ0v) is 14.6. The summed E-state index contributed by atoms with van der Waals surface area (Å²) in [5.74, 6) is -0.774. The summed E-state index contributed by atoms with van der Waals surface area (Å²) in [4.78, 5) is 17.1. The maximum absolute atomic E-state index is 14.6. The van der Waals surface area contributed by atoms with E-state index >= 15 is 0 Å². The molecular formula is C23H16FNO2. The maximum Gasteiger partial charge on any atom is 0.364 e. The number of nitrogens with zero attached hydrogens (tertiary/aromatic N) is 1. The van der Waals surface area contributed by atoms with E-state index in [1.54, 1.807) is 18.2 Å². The molecule has 0 saturated heterocycles. The molecule has 27 heavy (non-hydrogen) atoms. The van der Waals surface area contributed by atoms with Crippen LogP contribution in [0.3, 0.4) is 0 Å². The minimum atomic E-state index is -0.588. The van der Waals surface area contributed by atoms with Crippen LogP contribution in [0.15, 0.2) is 89.6 Å². The number of benzene rings is 3. The molecule has 1 heterocycles. The SMILES string of the molecule is Cc1ccccc1C1=NC(=C(c2ccccc2)c2ccccc2F)C(=O)O1. The number of aliphatic imine (C=N–C) groups is 1. The number of cyclic esters (lactones) is 1. The van der Waals surface area contributed by atoms with E-state index in [4.69, 9.17) is 4.74 Å². The van der Waals surface area contributed by atoms with Crippen LogP contribution in [0.1, 0.15) is 22.3 Å². The molecule has 0 amide bonds. The molecule has 3 aromatic rings. The predicted molar refractivity (Wildman–Crippen MR) is 103 cm³/mol. The molecule has 132 valence electrons. The zero-order chi connectivity index (χ0) is 18.8. The summed E-state index contributed by atoms with van der Waals surface area (Å²) in [5.41, 5.74) is 3.21. The second-order valence-electron chi connectivity index (χ2n) is 6.19. The molecule has 0 radical (unpaired) electrons. The van der Waals surface area contributed by atoms with Crippen molar-refractivity contribution in [2.24, 2.45) is 4.99 Å². The molecule has 0 atom stereocenters. The predicted octanol–water partition coefficient (Wildman–Crippen LogP) is 4.90. The van der Waals surface area contributed by atoms with Crippen molar-refractivity contribution in [3.63, 3.8) is 0 Å². The molecule has 0 bridgehead atoms. The van der Waals surface area contributed by atoms with Gasteiger partial charge in [-0.1, -0.05) is 66.7 Å². The highest BCUT2D eigenvalue weighted by Gasteiger charge is 2.30. The summed E-state index contributed by atoms with van der Waals surface area (Å²) in [6, 6.07) is 23.1. The normalized spacial score (nSPS) is 15.3. The lowest BCUT2D eigenvalue weighted by atomic mass is 9.95. The lowest BCUT2D eigenvalue weighted by molar-refractivity contribution is -0.129. The van der Waals surface area contributed by atoms with Gasteiger partial charge in [0, 0.05) is 16.7 Å². The van der Waals surface area contributed by atoms with Crippen molar-refractivity contribution >= 4 is 17.4 Å². The van der Waals surface area contributed by atoms with E-state index in [0.717, 1.165) is 11.1 Å². The molecule has 0 spiro atoms. The third-order valence-electron chi connectivity index (χ3n) is 4.41. The first-order valence-electron chi connectivity index (χ1n) is 8.56. The molecular weight excluding hydrogens is 341 g/mol. The number of carbonyl (C=O) groups excluding carboxylic acids is 1. The fraction of sp³-hybridized carbons (Fsp3) is 0.0435. The van der Waals surface area contributed by atoms with Crippen LogP contribution in [0.25, 0.3) is 5.57 Å². The lowest BCUT2D eigenvalue weighted by Crippen LogP contribution is -2.07. The van der Waals surface area contributed by atoms with Gasteiger partial charge in [0.15, 0.2) is 5.70 Å². The molecule has 4 rings (SSSR count). The van der Waals surface area contributed by atoms with E-state index in [-0.39, 0.29) is 11.6 Å². The number of rotatable bonds is 3. The molecule has 0 fully saturated rings. The largest absolute Gasteiger partial charge is 0.402 e. The first-order chi connectivity index (χ1) is 13.1. The molecule has 0 unspecified atom stereocenters. The molecule has 1 aliphatic heterocycles. The van der Waals surface area contributed by atoms with E-state index in [1.807, 2.05) is 61.5 Å². The van der Waals surface area contributed by atoms with Crippen LogP contribution in [-0.2, 0) is 9.53 Å². The monoisotopic (exact) mass is 357 g/mol. The summed E-state index contributed by atoms with van der Waals surface area (Å²) in [6.07, 6.45) is 0. The fourth-order valence-electron chi connectivity index (χ4n) is 3.08. The van der Waals surface area contributed by atoms with Crippen LogP contribution in [0, 0.1) is 12.7 Å². The standard InChI is InChI=1S/C23H16FNO2/c1-15-9-5-6-12-17(15)22-25-21(23(26)27-22)20(16-10-3-2-4-11-16)18-13-7-8-14-19(18)24/h2-14H,1H3. The summed E-state index contributed by atoms with van der Waals surface area (Å²) < 4.78 is 20.0. The van der Waals surface area contributed by atoms with Gasteiger partial charge in [-0.2, -0.15) is 0 Å². The van der Waals surface area contributed by atoms with E-state index in [9.17, 15) is 9.18 Å². The number of hydrogen-bond donors (Lipinski definition) is 0. The highest BCUT2D eigenvalue weighted by molar-refractivity contribution is 6.15. The Hall–Kier alpha value is -3.53. The summed E-state index contributed by atoms with van der Waals surface area (Å²) in [7, 11) is 0. The van der Waals surface area contributed by atoms with Crippen molar-refractivity contribution in [2.75, 3.05) is 0 Å². The van der Waals surface area contributed by atoms with Gasteiger partial charge in [-0.25, -0.2) is 14.2 Å². The van der Waals surface area contributed by atoms with Gasteiger partial charge in [0.25, 0.3) is 0 Å². The van der Waals surface area contributed by atoms with Crippen LogP contribution in [0.5, 0.6) is 0 Å². The van der Waals surface area contributed by atoms with Crippen LogP contribution >= 0.6 is 0 Å². The summed E-state index contributed by atoms with van der Waals surface area (Å²) in [6.45, 7) is 1.92. The molecule has 4 heteroatoms. The Bertz CT molecular complexity index is 1080. The van der Waals surface area contributed by atoms with Crippen LogP contribution < -0.4 is 0 Å². The van der Waals surface area contributed by atoms with E-state index in [0.29, 0.717) is 16.7 Å². The first-order valence-corrected chi connectivity index (χ1v) is 8.56. The van der Waals surface area contributed by atoms with Gasteiger partial charge in [0.05, 0.1) is 0 Å². The quantitative estimate of drug-likeness (QED) is 0.494. The topological polar surface area (TPSA) is 38.7 Å². The minimum Gasteiger partial charge on any atom is -0.402 e. The first kappa shape index (κ1) is 16.9.